The molecule has 0 aromatic carbocycles. The molecule has 0 amide bonds. The number of hydrogen-bond donors (Lipinski definition) is 1. The van der Waals surface area contributed by atoms with Gasteiger partial charge in [-0.15, -0.1) is 0 Å². The van der Waals surface area contributed by atoms with E-state index in [-0.39, 0.29) is 25.6 Å². The summed E-state index contributed by atoms with van der Waals surface area (Å²) in [6.07, 6.45) is -0.106. The molecule has 0 fully saturated rings. The second kappa shape index (κ2) is 6.45. The Hall–Kier alpha value is -1.13. The van der Waals surface area contributed by atoms with Crippen LogP contribution in [0.5, 0.6) is 0 Å². The number of nitrogens with one attached hydrogen (secondary N) is 1. The van der Waals surface area contributed by atoms with Crippen LogP contribution in [0.4, 0.5) is 4.39 Å². The highest BCUT2D eigenvalue weighted by Gasteiger charge is 2.47. The van der Waals surface area contributed by atoms with E-state index in [1.54, 1.807) is 27.7 Å². The van der Waals surface area contributed by atoms with Crippen molar-refractivity contribution in [2.75, 3.05) is 13.2 Å². The molecule has 0 saturated carbocycles. The van der Waals surface area contributed by atoms with Crippen molar-refractivity contribution in [3.63, 3.8) is 0 Å². The fraction of sp³-hybridized carbons (Fsp3) is 0.818. The molecule has 1 N–H and O–H groups in total. The Kier molecular flexibility index (Phi) is 6.00. The van der Waals surface area contributed by atoms with Gasteiger partial charge in [-0.25, -0.2) is 9.18 Å². The van der Waals surface area contributed by atoms with Crippen LogP contribution in [0.25, 0.3) is 0 Å². The predicted molar refractivity (Wildman–Crippen MR) is 59.3 cm³/mol. The zero-order valence-electron chi connectivity index (χ0n) is 10.3. The first-order chi connectivity index (χ1) is 7.38. The van der Waals surface area contributed by atoms with Crippen LogP contribution in [-0.4, -0.2) is 30.7 Å². The minimum absolute atomic E-state index is 0.0739. The fourth-order valence-electron chi connectivity index (χ4n) is 1.34. The Morgan fingerprint density at radius 1 is 1.31 bits per heavy atom. The van der Waals surface area contributed by atoms with E-state index in [9.17, 15) is 9.18 Å². The number of halogens is 1. The maximum absolute atomic E-state index is 14.4. The quantitative estimate of drug-likeness (QED) is 0.435. The summed E-state index contributed by atoms with van der Waals surface area (Å²) in [7, 11) is 0. The minimum Gasteiger partial charge on any atom is -0.479 e. The number of carbonyl (C=O) groups excluding carboxylic acids is 1. The molecular weight excluding hydrogens is 213 g/mol. The van der Waals surface area contributed by atoms with Crippen LogP contribution in [0.3, 0.4) is 0 Å². The summed E-state index contributed by atoms with van der Waals surface area (Å²) < 4.78 is 23.8. The molecule has 0 bridgehead atoms. The Labute approximate surface area is 95.6 Å². The van der Waals surface area contributed by atoms with Gasteiger partial charge in [-0.3, -0.25) is 5.41 Å². The lowest BCUT2D eigenvalue weighted by atomic mass is 9.94. The summed E-state index contributed by atoms with van der Waals surface area (Å²) >= 11 is 0. The van der Waals surface area contributed by atoms with Crippen LogP contribution in [0, 0.1) is 11.3 Å². The van der Waals surface area contributed by atoms with Crippen molar-refractivity contribution < 1.29 is 18.7 Å². The number of rotatable bonds is 6. The van der Waals surface area contributed by atoms with E-state index in [4.69, 9.17) is 10.1 Å². The van der Waals surface area contributed by atoms with Crippen LogP contribution in [-0.2, 0) is 14.3 Å². The highest BCUT2D eigenvalue weighted by Crippen LogP contribution is 2.25. The summed E-state index contributed by atoms with van der Waals surface area (Å²) in [5.74, 6) is -1.78. The van der Waals surface area contributed by atoms with Crippen LogP contribution in [0.15, 0.2) is 0 Å². The van der Waals surface area contributed by atoms with Gasteiger partial charge in [0.1, 0.15) is 0 Å². The minimum atomic E-state index is -2.46. The molecular formula is C11H20FNO3. The molecule has 0 aliphatic carbocycles. The van der Waals surface area contributed by atoms with Gasteiger partial charge < -0.3 is 9.47 Å². The highest BCUT2D eigenvalue weighted by atomic mass is 19.1. The lowest BCUT2D eigenvalue weighted by molar-refractivity contribution is -0.154. The predicted octanol–water partition coefficient (Wildman–Crippen LogP) is 2.32. The molecule has 0 saturated heterocycles. The van der Waals surface area contributed by atoms with Gasteiger partial charge in [0.2, 0.25) is 5.90 Å². The van der Waals surface area contributed by atoms with Crippen molar-refractivity contribution in [2.24, 2.45) is 5.92 Å². The van der Waals surface area contributed by atoms with Gasteiger partial charge in [-0.1, -0.05) is 13.8 Å². The summed E-state index contributed by atoms with van der Waals surface area (Å²) in [4.78, 5) is 11.5. The average molecular weight is 233 g/mol. The molecule has 0 aromatic rings. The Morgan fingerprint density at radius 3 is 2.19 bits per heavy atom. The van der Waals surface area contributed by atoms with Gasteiger partial charge in [-0.05, 0) is 19.8 Å². The number of alkyl halides is 1. The third-order valence-corrected chi connectivity index (χ3v) is 1.94. The van der Waals surface area contributed by atoms with Crippen molar-refractivity contribution in [3.8, 4) is 0 Å². The van der Waals surface area contributed by atoms with E-state index in [0.29, 0.717) is 0 Å². The zero-order valence-corrected chi connectivity index (χ0v) is 10.3. The van der Waals surface area contributed by atoms with Crippen molar-refractivity contribution in [1.29, 1.82) is 5.41 Å². The molecule has 4 nitrogen and oxygen atoms in total. The molecule has 16 heavy (non-hydrogen) atoms. The van der Waals surface area contributed by atoms with Gasteiger partial charge in [0.05, 0.1) is 13.2 Å². The zero-order chi connectivity index (χ0) is 12.8. The Morgan fingerprint density at radius 2 is 1.81 bits per heavy atom. The number of ether oxygens (including phenoxy) is 2. The van der Waals surface area contributed by atoms with Gasteiger partial charge in [0, 0.05) is 6.42 Å². The lowest BCUT2D eigenvalue weighted by Gasteiger charge is -2.24. The SMILES string of the molecule is CCOC(=N)[C@@](F)(CC(C)C)C(=O)OCC. The van der Waals surface area contributed by atoms with E-state index < -0.39 is 17.5 Å². The van der Waals surface area contributed by atoms with Crippen LogP contribution in [0.1, 0.15) is 34.1 Å². The van der Waals surface area contributed by atoms with E-state index in [1.807, 2.05) is 0 Å². The van der Waals surface area contributed by atoms with Crippen molar-refractivity contribution in [1.82, 2.24) is 0 Å². The van der Waals surface area contributed by atoms with Gasteiger partial charge in [0.25, 0.3) is 5.67 Å². The number of carbonyl (C=O) groups is 1. The number of esters is 1. The monoisotopic (exact) mass is 233 g/mol. The molecule has 0 rings (SSSR count). The summed E-state index contributed by atoms with van der Waals surface area (Å²) in [5.41, 5.74) is -2.46. The largest absolute Gasteiger partial charge is 0.479 e. The molecule has 0 heterocycles. The first-order valence-electron chi connectivity index (χ1n) is 5.46. The molecule has 0 aliphatic rings. The topological polar surface area (TPSA) is 59.4 Å². The van der Waals surface area contributed by atoms with Crippen molar-refractivity contribution in [2.45, 2.75) is 39.8 Å². The van der Waals surface area contributed by atoms with Crippen molar-refractivity contribution in [3.05, 3.63) is 0 Å². The van der Waals surface area contributed by atoms with Gasteiger partial charge in [0.15, 0.2) is 0 Å². The average Bonchev–Trinajstić information content (AvgIpc) is 2.17. The van der Waals surface area contributed by atoms with E-state index in [1.165, 1.54) is 0 Å². The molecule has 5 heteroatoms. The summed E-state index contributed by atoms with van der Waals surface area (Å²) in [6, 6.07) is 0. The summed E-state index contributed by atoms with van der Waals surface area (Å²) in [6.45, 7) is 7.01. The Bertz CT molecular complexity index is 236. The van der Waals surface area contributed by atoms with Crippen LogP contribution < -0.4 is 0 Å². The molecule has 0 radical (unpaired) electrons. The molecule has 0 spiro atoms. The van der Waals surface area contributed by atoms with Crippen molar-refractivity contribution >= 4 is 11.9 Å². The molecule has 0 aliphatic heterocycles. The first kappa shape index (κ1) is 14.9. The van der Waals surface area contributed by atoms with Crippen LogP contribution in [0.2, 0.25) is 0 Å². The third kappa shape index (κ3) is 3.79. The van der Waals surface area contributed by atoms with Gasteiger partial charge >= 0.3 is 5.97 Å². The second-order valence-electron chi connectivity index (χ2n) is 3.88. The standard InChI is InChI=1S/C11H20FNO3/c1-5-15-9(13)11(12,7-8(3)4)10(14)16-6-2/h8,13H,5-7H2,1-4H3/t11-/m0/s1. The highest BCUT2D eigenvalue weighted by molar-refractivity contribution is 6.04. The first-order valence-corrected chi connectivity index (χ1v) is 5.46. The third-order valence-electron chi connectivity index (χ3n) is 1.94. The summed E-state index contributed by atoms with van der Waals surface area (Å²) in [5, 5.41) is 7.45. The molecule has 0 unspecified atom stereocenters. The van der Waals surface area contributed by atoms with E-state index >= 15 is 0 Å². The molecule has 1 atom stereocenters. The van der Waals surface area contributed by atoms with Crippen LogP contribution >= 0.6 is 0 Å². The van der Waals surface area contributed by atoms with E-state index in [2.05, 4.69) is 4.74 Å². The maximum Gasteiger partial charge on any atom is 0.353 e. The maximum atomic E-state index is 14.4. The van der Waals surface area contributed by atoms with Gasteiger partial charge in [-0.2, -0.15) is 0 Å². The number of hydrogen-bond acceptors (Lipinski definition) is 4. The Balaban J connectivity index is 4.86. The molecule has 94 valence electrons. The fourth-order valence-corrected chi connectivity index (χ4v) is 1.34. The second-order valence-corrected chi connectivity index (χ2v) is 3.88. The smallest absolute Gasteiger partial charge is 0.353 e. The molecule has 0 aromatic heterocycles. The van der Waals surface area contributed by atoms with E-state index in [0.717, 1.165) is 0 Å². The lowest BCUT2D eigenvalue weighted by Crippen LogP contribution is -2.45. The normalized spacial score (nSPS) is 14.4.